The lowest BCUT2D eigenvalue weighted by Gasteiger charge is -2.26. The quantitative estimate of drug-likeness (QED) is 0.919. The van der Waals surface area contributed by atoms with E-state index in [2.05, 4.69) is 60.8 Å². The molecule has 1 heterocycles. The van der Waals surface area contributed by atoms with E-state index in [1.54, 1.807) is 0 Å². The fourth-order valence-electron chi connectivity index (χ4n) is 3.67. The van der Waals surface area contributed by atoms with Crippen molar-refractivity contribution < 1.29 is 4.74 Å². The van der Waals surface area contributed by atoms with Gasteiger partial charge in [0.2, 0.25) is 0 Å². The number of nitrogens with one attached hydrogen (secondary N) is 1. The van der Waals surface area contributed by atoms with Crippen LogP contribution in [-0.2, 0) is 4.74 Å². The monoisotopic (exact) mass is 279 g/mol. The third kappa shape index (κ3) is 2.19. The summed E-state index contributed by atoms with van der Waals surface area (Å²) in [6.07, 6.45) is 2.33. The van der Waals surface area contributed by atoms with Gasteiger partial charge in [-0.3, -0.25) is 0 Å². The number of hydrogen-bond donors (Lipinski definition) is 1. The Labute approximate surface area is 126 Å². The Morgan fingerprint density at radius 3 is 2.24 bits per heavy atom. The average molecular weight is 279 g/mol. The van der Waals surface area contributed by atoms with Gasteiger partial charge < -0.3 is 10.1 Å². The third-order valence-electron chi connectivity index (χ3n) is 4.81. The van der Waals surface area contributed by atoms with Gasteiger partial charge in [0.1, 0.15) is 0 Å². The molecular formula is C19H21NO. The lowest BCUT2D eigenvalue weighted by molar-refractivity contribution is 0.0196. The minimum Gasteiger partial charge on any atom is -0.374 e. The molecule has 2 heteroatoms. The Hall–Kier alpha value is -1.64. The van der Waals surface area contributed by atoms with Gasteiger partial charge in [-0.25, -0.2) is 0 Å². The highest BCUT2D eigenvalue weighted by molar-refractivity contribution is 5.78. The highest BCUT2D eigenvalue weighted by Crippen LogP contribution is 2.43. The van der Waals surface area contributed by atoms with E-state index >= 15 is 0 Å². The predicted octanol–water partition coefficient (Wildman–Crippen LogP) is 3.92. The standard InChI is InChI=1S/C19H21NO/c1-19(11-6-12-21-19)13-20-18-16-9-4-2-7-14(16)15-8-3-5-10-17(15)18/h2-5,7-10,18,20H,6,11-13H2,1H3. The first-order chi connectivity index (χ1) is 10.3. The van der Waals surface area contributed by atoms with Crippen LogP contribution in [0.1, 0.15) is 36.9 Å². The maximum atomic E-state index is 5.91. The second-order valence-corrected chi connectivity index (χ2v) is 6.39. The second kappa shape index (κ2) is 4.97. The summed E-state index contributed by atoms with van der Waals surface area (Å²) < 4.78 is 5.91. The fourth-order valence-corrected chi connectivity index (χ4v) is 3.67. The maximum Gasteiger partial charge on any atom is 0.0779 e. The van der Waals surface area contributed by atoms with Crippen LogP contribution < -0.4 is 5.32 Å². The molecule has 2 aromatic rings. The molecule has 1 N–H and O–H groups in total. The molecule has 0 saturated carbocycles. The van der Waals surface area contributed by atoms with E-state index in [1.165, 1.54) is 28.7 Å². The molecule has 0 radical (unpaired) electrons. The molecule has 2 nitrogen and oxygen atoms in total. The van der Waals surface area contributed by atoms with E-state index in [9.17, 15) is 0 Å². The van der Waals surface area contributed by atoms with Gasteiger partial charge in [0, 0.05) is 13.2 Å². The first-order valence-corrected chi connectivity index (χ1v) is 7.82. The van der Waals surface area contributed by atoms with E-state index in [0.717, 1.165) is 19.6 Å². The largest absolute Gasteiger partial charge is 0.374 e. The SMILES string of the molecule is CC1(CNC2c3ccccc3-c3ccccc32)CCCO1. The number of fused-ring (bicyclic) bond motifs is 3. The van der Waals surface area contributed by atoms with Gasteiger partial charge in [0.25, 0.3) is 0 Å². The van der Waals surface area contributed by atoms with Crippen LogP contribution in [0.2, 0.25) is 0 Å². The van der Waals surface area contributed by atoms with Crippen LogP contribution in [0.4, 0.5) is 0 Å². The molecule has 108 valence electrons. The lowest BCUT2D eigenvalue weighted by Crippen LogP contribution is -2.38. The van der Waals surface area contributed by atoms with Crippen LogP contribution in [0.25, 0.3) is 11.1 Å². The Bertz CT molecular complexity index is 613. The van der Waals surface area contributed by atoms with E-state index in [-0.39, 0.29) is 5.60 Å². The van der Waals surface area contributed by atoms with Crippen molar-refractivity contribution in [2.75, 3.05) is 13.2 Å². The molecule has 0 bridgehead atoms. The van der Waals surface area contributed by atoms with Crippen LogP contribution in [0.15, 0.2) is 48.5 Å². The van der Waals surface area contributed by atoms with E-state index in [1.807, 2.05) is 0 Å². The Morgan fingerprint density at radius 2 is 1.67 bits per heavy atom. The van der Waals surface area contributed by atoms with E-state index < -0.39 is 0 Å². The van der Waals surface area contributed by atoms with Gasteiger partial charge in [-0.2, -0.15) is 0 Å². The van der Waals surface area contributed by atoms with Gasteiger partial charge in [0.15, 0.2) is 0 Å². The molecule has 2 aromatic carbocycles. The van der Waals surface area contributed by atoms with Gasteiger partial charge in [0.05, 0.1) is 11.6 Å². The smallest absolute Gasteiger partial charge is 0.0779 e. The topological polar surface area (TPSA) is 21.3 Å². The highest BCUT2D eigenvalue weighted by Gasteiger charge is 2.33. The molecule has 1 unspecified atom stereocenters. The van der Waals surface area contributed by atoms with Crippen molar-refractivity contribution >= 4 is 0 Å². The summed E-state index contributed by atoms with van der Waals surface area (Å²) in [5.74, 6) is 0. The average Bonchev–Trinajstić information content (AvgIpc) is 3.08. The molecule has 0 amide bonds. The molecule has 0 spiro atoms. The van der Waals surface area contributed by atoms with Gasteiger partial charge in [-0.1, -0.05) is 48.5 Å². The van der Waals surface area contributed by atoms with Crippen LogP contribution in [0.3, 0.4) is 0 Å². The Kier molecular flexibility index (Phi) is 3.09. The lowest BCUT2D eigenvalue weighted by atomic mass is 10.0. The molecule has 21 heavy (non-hydrogen) atoms. The van der Waals surface area contributed by atoms with E-state index in [4.69, 9.17) is 4.74 Å². The summed E-state index contributed by atoms with van der Waals surface area (Å²) in [7, 11) is 0. The van der Waals surface area contributed by atoms with Gasteiger partial charge >= 0.3 is 0 Å². The van der Waals surface area contributed by atoms with Crippen molar-refractivity contribution in [3.05, 3.63) is 59.7 Å². The zero-order valence-corrected chi connectivity index (χ0v) is 12.4. The van der Waals surface area contributed by atoms with Crippen LogP contribution in [0, 0.1) is 0 Å². The highest BCUT2D eigenvalue weighted by atomic mass is 16.5. The Morgan fingerprint density at radius 1 is 1.05 bits per heavy atom. The van der Waals surface area contributed by atoms with Crippen LogP contribution >= 0.6 is 0 Å². The van der Waals surface area contributed by atoms with Gasteiger partial charge in [-0.05, 0) is 42.0 Å². The summed E-state index contributed by atoms with van der Waals surface area (Å²) in [6.45, 7) is 4.02. The molecule has 1 aliphatic carbocycles. The number of ether oxygens (including phenoxy) is 1. The minimum absolute atomic E-state index is 0.00746. The van der Waals surface area contributed by atoms with Crippen molar-refractivity contribution in [3.63, 3.8) is 0 Å². The summed E-state index contributed by atoms with van der Waals surface area (Å²) in [6, 6.07) is 17.7. The van der Waals surface area contributed by atoms with Crippen molar-refractivity contribution in [2.45, 2.75) is 31.4 Å². The minimum atomic E-state index is -0.00746. The van der Waals surface area contributed by atoms with E-state index in [0.29, 0.717) is 6.04 Å². The number of benzene rings is 2. The number of rotatable bonds is 3. The van der Waals surface area contributed by atoms with Crippen molar-refractivity contribution in [1.82, 2.24) is 5.32 Å². The summed E-state index contributed by atoms with van der Waals surface area (Å²) in [5.41, 5.74) is 5.50. The Balaban J connectivity index is 1.65. The summed E-state index contributed by atoms with van der Waals surface area (Å²) in [5, 5.41) is 3.75. The van der Waals surface area contributed by atoms with Crippen LogP contribution in [-0.4, -0.2) is 18.8 Å². The third-order valence-corrected chi connectivity index (χ3v) is 4.81. The zero-order chi connectivity index (χ0) is 14.3. The normalized spacial score (nSPS) is 24.0. The molecule has 1 fully saturated rings. The maximum absolute atomic E-state index is 5.91. The first kappa shape index (κ1) is 13.1. The summed E-state index contributed by atoms with van der Waals surface area (Å²) in [4.78, 5) is 0. The van der Waals surface area contributed by atoms with Crippen molar-refractivity contribution in [2.24, 2.45) is 0 Å². The molecule has 1 atom stereocenters. The van der Waals surface area contributed by atoms with Gasteiger partial charge in [-0.15, -0.1) is 0 Å². The summed E-state index contributed by atoms with van der Waals surface area (Å²) >= 11 is 0. The predicted molar refractivity (Wildman–Crippen MR) is 85.3 cm³/mol. The fraction of sp³-hybridized carbons (Fsp3) is 0.368. The molecule has 1 saturated heterocycles. The first-order valence-electron chi connectivity index (χ1n) is 7.82. The molecule has 2 aliphatic rings. The molecule has 0 aromatic heterocycles. The van der Waals surface area contributed by atoms with Crippen molar-refractivity contribution in [1.29, 1.82) is 0 Å². The molecular weight excluding hydrogens is 258 g/mol. The second-order valence-electron chi connectivity index (χ2n) is 6.39. The molecule has 1 aliphatic heterocycles. The zero-order valence-electron chi connectivity index (χ0n) is 12.4. The van der Waals surface area contributed by atoms with Crippen LogP contribution in [0.5, 0.6) is 0 Å². The van der Waals surface area contributed by atoms with Crippen molar-refractivity contribution in [3.8, 4) is 11.1 Å². The molecule has 4 rings (SSSR count). The number of hydrogen-bond acceptors (Lipinski definition) is 2.